The van der Waals surface area contributed by atoms with Crippen LogP contribution in [0.5, 0.6) is 5.75 Å². The Morgan fingerprint density at radius 2 is 2.07 bits per heavy atom. The van der Waals surface area contributed by atoms with Gasteiger partial charge >= 0.3 is 0 Å². The van der Waals surface area contributed by atoms with Gasteiger partial charge in [-0.05, 0) is 24.1 Å². The van der Waals surface area contributed by atoms with Crippen molar-refractivity contribution in [1.29, 1.82) is 0 Å². The second-order valence-corrected chi connectivity index (χ2v) is 3.40. The molecule has 0 fully saturated rings. The van der Waals surface area contributed by atoms with Crippen LogP contribution in [0.2, 0.25) is 0 Å². The molecule has 0 aliphatic carbocycles. The van der Waals surface area contributed by atoms with Crippen molar-refractivity contribution in [3.8, 4) is 5.75 Å². The molecular weight excluding hydrogens is 183 g/mol. The summed E-state index contributed by atoms with van der Waals surface area (Å²) in [5.41, 5.74) is 0.441. The Labute approximate surface area is 83.0 Å². The minimum atomic E-state index is -0.684. The highest BCUT2D eigenvalue weighted by atomic mass is 19.1. The summed E-state index contributed by atoms with van der Waals surface area (Å²) in [5, 5.41) is 18.7. The number of aromatic hydroxyl groups is 1. The molecule has 0 heterocycles. The van der Waals surface area contributed by atoms with Crippen LogP contribution in [0, 0.1) is 5.82 Å². The fraction of sp³-hybridized carbons (Fsp3) is 0.455. The van der Waals surface area contributed by atoms with Crippen molar-refractivity contribution in [3.63, 3.8) is 0 Å². The summed E-state index contributed by atoms with van der Waals surface area (Å²) in [6.07, 6.45) is 1.78. The zero-order valence-corrected chi connectivity index (χ0v) is 8.20. The molecule has 0 spiro atoms. The summed E-state index contributed by atoms with van der Waals surface area (Å²) < 4.78 is 12.8. The van der Waals surface area contributed by atoms with Gasteiger partial charge in [-0.1, -0.05) is 19.8 Å². The van der Waals surface area contributed by atoms with Crippen molar-refractivity contribution in [1.82, 2.24) is 0 Å². The number of rotatable bonds is 4. The topological polar surface area (TPSA) is 40.5 Å². The average molecular weight is 198 g/mol. The molecule has 1 atom stereocenters. The Balaban J connectivity index is 2.73. The number of aliphatic hydroxyl groups excluding tert-OH is 1. The molecule has 0 radical (unpaired) electrons. The van der Waals surface area contributed by atoms with Gasteiger partial charge in [0.25, 0.3) is 0 Å². The van der Waals surface area contributed by atoms with Crippen LogP contribution in [0.15, 0.2) is 18.2 Å². The monoisotopic (exact) mass is 198 g/mol. The molecule has 1 rings (SSSR count). The van der Waals surface area contributed by atoms with E-state index in [1.165, 1.54) is 12.1 Å². The molecule has 14 heavy (non-hydrogen) atoms. The maximum atomic E-state index is 12.8. The van der Waals surface area contributed by atoms with E-state index in [4.69, 9.17) is 5.11 Å². The highest BCUT2D eigenvalue weighted by Gasteiger charge is 2.09. The third-order valence-electron chi connectivity index (χ3n) is 2.12. The summed E-state index contributed by atoms with van der Waals surface area (Å²) in [6, 6.07) is 3.67. The molecule has 1 aromatic rings. The Morgan fingerprint density at radius 3 is 2.64 bits per heavy atom. The van der Waals surface area contributed by atoms with Crippen molar-refractivity contribution in [2.24, 2.45) is 0 Å². The molecule has 0 saturated heterocycles. The molecular formula is C11H15FO2. The molecule has 0 saturated carbocycles. The zero-order chi connectivity index (χ0) is 10.6. The van der Waals surface area contributed by atoms with E-state index in [9.17, 15) is 9.50 Å². The standard InChI is InChI=1S/C11H15FO2/c1-2-3-4-11(14)8-5-9(12)7-10(13)6-8/h5-7,11,13-14H,2-4H2,1H3. The molecule has 1 unspecified atom stereocenters. The Bertz CT molecular complexity index is 279. The van der Waals surface area contributed by atoms with E-state index in [-0.39, 0.29) is 5.75 Å². The predicted octanol–water partition coefficient (Wildman–Crippen LogP) is 2.75. The molecule has 2 nitrogen and oxygen atoms in total. The lowest BCUT2D eigenvalue weighted by Gasteiger charge is -2.10. The molecule has 0 aliphatic heterocycles. The SMILES string of the molecule is CCCCC(O)c1cc(O)cc(F)c1. The summed E-state index contributed by atoms with van der Waals surface area (Å²) in [7, 11) is 0. The van der Waals surface area contributed by atoms with Crippen molar-refractivity contribution < 1.29 is 14.6 Å². The second kappa shape index (κ2) is 4.96. The predicted molar refractivity (Wildman–Crippen MR) is 52.5 cm³/mol. The first-order valence-electron chi connectivity index (χ1n) is 4.81. The van der Waals surface area contributed by atoms with Crippen LogP contribution in [-0.2, 0) is 0 Å². The Hall–Kier alpha value is -1.09. The Kier molecular flexibility index (Phi) is 3.89. The summed E-state index contributed by atoms with van der Waals surface area (Å²) in [6.45, 7) is 2.02. The lowest BCUT2D eigenvalue weighted by Crippen LogP contribution is -1.97. The van der Waals surface area contributed by atoms with Crippen LogP contribution in [0.25, 0.3) is 0 Å². The van der Waals surface area contributed by atoms with Crippen LogP contribution in [0.4, 0.5) is 4.39 Å². The molecule has 0 bridgehead atoms. The maximum absolute atomic E-state index is 12.8. The van der Waals surface area contributed by atoms with Crippen molar-refractivity contribution in [2.75, 3.05) is 0 Å². The first-order valence-corrected chi connectivity index (χ1v) is 4.81. The maximum Gasteiger partial charge on any atom is 0.127 e. The lowest BCUT2D eigenvalue weighted by atomic mass is 10.0. The first kappa shape index (κ1) is 11.0. The van der Waals surface area contributed by atoms with Gasteiger partial charge in [-0.25, -0.2) is 4.39 Å². The molecule has 2 N–H and O–H groups in total. The number of halogens is 1. The highest BCUT2D eigenvalue weighted by Crippen LogP contribution is 2.23. The van der Waals surface area contributed by atoms with Gasteiger partial charge < -0.3 is 10.2 Å². The smallest absolute Gasteiger partial charge is 0.127 e. The largest absolute Gasteiger partial charge is 0.508 e. The summed E-state index contributed by atoms with van der Waals surface area (Å²) >= 11 is 0. The molecule has 3 heteroatoms. The fourth-order valence-electron chi connectivity index (χ4n) is 1.35. The zero-order valence-electron chi connectivity index (χ0n) is 8.20. The van der Waals surface area contributed by atoms with Gasteiger partial charge in [0.15, 0.2) is 0 Å². The summed E-state index contributed by atoms with van der Waals surface area (Å²) in [4.78, 5) is 0. The number of phenols is 1. The summed E-state index contributed by atoms with van der Waals surface area (Å²) in [5.74, 6) is -0.661. The lowest BCUT2D eigenvalue weighted by molar-refractivity contribution is 0.163. The molecule has 0 amide bonds. The number of aliphatic hydroxyl groups is 1. The van der Waals surface area contributed by atoms with Crippen LogP contribution in [-0.4, -0.2) is 10.2 Å². The van der Waals surface area contributed by atoms with Crippen LogP contribution in [0.3, 0.4) is 0 Å². The van der Waals surface area contributed by atoms with Crippen LogP contribution >= 0.6 is 0 Å². The van der Waals surface area contributed by atoms with Crippen LogP contribution in [0.1, 0.15) is 37.9 Å². The van der Waals surface area contributed by atoms with Gasteiger partial charge in [0, 0.05) is 6.07 Å². The van der Waals surface area contributed by atoms with Crippen LogP contribution < -0.4 is 0 Å². The minimum Gasteiger partial charge on any atom is -0.508 e. The van der Waals surface area contributed by atoms with Crippen molar-refractivity contribution >= 4 is 0 Å². The van der Waals surface area contributed by atoms with E-state index in [0.717, 1.165) is 18.9 Å². The van der Waals surface area contributed by atoms with Gasteiger partial charge in [0.05, 0.1) is 6.10 Å². The van der Waals surface area contributed by atoms with Gasteiger partial charge in [0.2, 0.25) is 0 Å². The molecule has 78 valence electrons. The minimum absolute atomic E-state index is 0.143. The first-order chi connectivity index (χ1) is 6.63. The van der Waals surface area contributed by atoms with Gasteiger partial charge in [-0.2, -0.15) is 0 Å². The number of hydrogen-bond donors (Lipinski definition) is 2. The van der Waals surface area contributed by atoms with E-state index in [2.05, 4.69) is 0 Å². The van der Waals surface area contributed by atoms with E-state index < -0.39 is 11.9 Å². The quantitative estimate of drug-likeness (QED) is 0.781. The van der Waals surface area contributed by atoms with E-state index in [1.807, 2.05) is 6.92 Å². The number of unbranched alkanes of at least 4 members (excludes halogenated alkanes) is 1. The van der Waals surface area contributed by atoms with Crippen molar-refractivity contribution in [2.45, 2.75) is 32.3 Å². The molecule has 1 aromatic carbocycles. The second-order valence-electron chi connectivity index (χ2n) is 3.40. The van der Waals surface area contributed by atoms with Gasteiger partial charge in [-0.15, -0.1) is 0 Å². The van der Waals surface area contributed by atoms with E-state index >= 15 is 0 Å². The van der Waals surface area contributed by atoms with E-state index in [1.54, 1.807) is 0 Å². The van der Waals surface area contributed by atoms with Gasteiger partial charge in [-0.3, -0.25) is 0 Å². The van der Waals surface area contributed by atoms with E-state index in [0.29, 0.717) is 12.0 Å². The number of hydrogen-bond acceptors (Lipinski definition) is 2. The van der Waals surface area contributed by atoms with Crippen molar-refractivity contribution in [3.05, 3.63) is 29.6 Å². The Morgan fingerprint density at radius 1 is 1.36 bits per heavy atom. The third kappa shape index (κ3) is 3.00. The third-order valence-corrected chi connectivity index (χ3v) is 2.12. The fourth-order valence-corrected chi connectivity index (χ4v) is 1.35. The average Bonchev–Trinajstić information content (AvgIpc) is 2.12. The molecule has 0 aromatic heterocycles. The number of benzene rings is 1. The van der Waals surface area contributed by atoms with Gasteiger partial charge in [0.1, 0.15) is 11.6 Å². The normalized spacial score (nSPS) is 12.8. The number of phenolic OH excluding ortho intramolecular Hbond substituents is 1. The highest BCUT2D eigenvalue weighted by molar-refractivity contribution is 5.29. The molecule has 0 aliphatic rings.